The Morgan fingerprint density at radius 1 is 1.22 bits per heavy atom. The van der Waals surface area contributed by atoms with E-state index in [1.807, 2.05) is 24.3 Å². The molecule has 1 aliphatic rings. The molecule has 0 amide bonds. The molecule has 0 radical (unpaired) electrons. The van der Waals surface area contributed by atoms with E-state index in [9.17, 15) is 9.90 Å². The zero-order valence-corrected chi connectivity index (χ0v) is 13.5. The van der Waals surface area contributed by atoms with Crippen molar-refractivity contribution in [1.29, 1.82) is 0 Å². The van der Waals surface area contributed by atoms with Gasteiger partial charge in [0.15, 0.2) is 0 Å². The SMILES string of the molecule is Cc1ccc(/C=C2\CCc3c2nc2ccccc2c3C(=O)O)s1. The number of rotatable bonds is 2. The third kappa shape index (κ3) is 2.35. The summed E-state index contributed by atoms with van der Waals surface area (Å²) in [4.78, 5) is 19.0. The first-order valence-electron chi connectivity index (χ1n) is 7.56. The largest absolute Gasteiger partial charge is 0.478 e. The molecule has 2 heterocycles. The van der Waals surface area contributed by atoms with Crippen LogP contribution in [0.3, 0.4) is 0 Å². The Bertz CT molecular complexity index is 969. The molecule has 0 atom stereocenters. The van der Waals surface area contributed by atoms with E-state index in [4.69, 9.17) is 4.98 Å². The van der Waals surface area contributed by atoms with Crippen LogP contribution in [0.1, 0.15) is 37.8 Å². The monoisotopic (exact) mass is 321 g/mol. The molecule has 4 heteroatoms. The minimum absolute atomic E-state index is 0.413. The smallest absolute Gasteiger partial charge is 0.336 e. The standard InChI is InChI=1S/C19H15NO2S/c1-11-6-8-13(23-11)10-12-7-9-15-17(19(21)22)14-4-2-3-5-16(14)20-18(12)15/h2-6,8,10H,7,9H2,1H3,(H,21,22)/b12-10+. The van der Waals surface area contributed by atoms with E-state index in [0.29, 0.717) is 5.56 Å². The predicted octanol–water partition coefficient (Wildman–Crippen LogP) is 4.79. The van der Waals surface area contributed by atoms with Gasteiger partial charge < -0.3 is 5.11 Å². The topological polar surface area (TPSA) is 50.2 Å². The normalized spacial score (nSPS) is 15.3. The maximum atomic E-state index is 11.8. The van der Waals surface area contributed by atoms with Crippen molar-refractivity contribution in [2.24, 2.45) is 0 Å². The number of hydrogen-bond donors (Lipinski definition) is 1. The predicted molar refractivity (Wildman–Crippen MR) is 94.0 cm³/mol. The third-order valence-corrected chi connectivity index (χ3v) is 5.18. The number of aromatic nitrogens is 1. The third-order valence-electron chi connectivity index (χ3n) is 4.23. The van der Waals surface area contributed by atoms with E-state index in [1.165, 1.54) is 9.75 Å². The highest BCUT2D eigenvalue weighted by Crippen LogP contribution is 2.38. The van der Waals surface area contributed by atoms with Crippen molar-refractivity contribution < 1.29 is 9.90 Å². The summed E-state index contributed by atoms with van der Waals surface area (Å²) in [6, 6.07) is 11.7. The molecule has 0 fully saturated rings. The van der Waals surface area contributed by atoms with Gasteiger partial charge in [0.2, 0.25) is 0 Å². The number of allylic oxidation sites excluding steroid dienone is 1. The number of hydrogen-bond acceptors (Lipinski definition) is 3. The Morgan fingerprint density at radius 3 is 2.78 bits per heavy atom. The zero-order chi connectivity index (χ0) is 16.0. The first-order chi connectivity index (χ1) is 11.1. The van der Waals surface area contributed by atoms with Gasteiger partial charge in [0.1, 0.15) is 0 Å². The molecule has 0 aliphatic heterocycles. The summed E-state index contributed by atoms with van der Waals surface area (Å²) in [5.74, 6) is -0.868. The van der Waals surface area contributed by atoms with Crippen molar-refractivity contribution in [3.8, 4) is 0 Å². The number of para-hydroxylation sites is 1. The molecular weight excluding hydrogens is 306 g/mol. The lowest BCUT2D eigenvalue weighted by molar-refractivity contribution is 0.0698. The molecule has 114 valence electrons. The quantitative estimate of drug-likeness (QED) is 0.738. The molecule has 0 unspecified atom stereocenters. The highest BCUT2D eigenvalue weighted by Gasteiger charge is 2.26. The van der Waals surface area contributed by atoms with Gasteiger partial charge in [-0.15, -0.1) is 11.3 Å². The number of benzene rings is 1. The first kappa shape index (κ1) is 14.2. The van der Waals surface area contributed by atoms with E-state index in [0.717, 1.165) is 40.6 Å². The minimum atomic E-state index is -0.868. The van der Waals surface area contributed by atoms with Crippen LogP contribution in [0.4, 0.5) is 0 Å². The molecule has 1 N–H and O–H groups in total. The summed E-state index contributed by atoms with van der Waals surface area (Å²) in [7, 11) is 0. The molecule has 0 bridgehead atoms. The zero-order valence-electron chi connectivity index (χ0n) is 12.7. The maximum Gasteiger partial charge on any atom is 0.336 e. The van der Waals surface area contributed by atoms with Crippen LogP contribution in [-0.2, 0) is 6.42 Å². The number of thiophene rings is 1. The van der Waals surface area contributed by atoms with Gasteiger partial charge in [0, 0.05) is 15.1 Å². The van der Waals surface area contributed by atoms with E-state index >= 15 is 0 Å². The Kier molecular flexibility index (Phi) is 3.27. The van der Waals surface area contributed by atoms with Crippen LogP contribution in [0.5, 0.6) is 0 Å². The number of pyridine rings is 1. The second kappa shape index (κ2) is 5.32. The number of carbonyl (C=O) groups is 1. The fourth-order valence-corrected chi connectivity index (χ4v) is 4.07. The van der Waals surface area contributed by atoms with E-state index in [2.05, 4.69) is 25.1 Å². The van der Waals surface area contributed by atoms with Crippen molar-refractivity contribution in [2.75, 3.05) is 0 Å². The molecule has 23 heavy (non-hydrogen) atoms. The van der Waals surface area contributed by atoms with Gasteiger partial charge >= 0.3 is 5.97 Å². The average Bonchev–Trinajstić information content (AvgIpc) is 3.11. The van der Waals surface area contributed by atoms with E-state index < -0.39 is 5.97 Å². The van der Waals surface area contributed by atoms with Crippen LogP contribution in [0, 0.1) is 6.92 Å². The van der Waals surface area contributed by atoms with Crippen molar-refractivity contribution in [2.45, 2.75) is 19.8 Å². The number of aryl methyl sites for hydroxylation is 1. The van der Waals surface area contributed by atoms with Gasteiger partial charge in [-0.1, -0.05) is 18.2 Å². The molecule has 4 rings (SSSR count). The molecule has 0 saturated heterocycles. The molecule has 1 aliphatic carbocycles. The van der Waals surface area contributed by atoms with Crippen molar-refractivity contribution in [3.63, 3.8) is 0 Å². The number of carboxylic acid groups (broad SMARTS) is 1. The lowest BCUT2D eigenvalue weighted by Crippen LogP contribution is -2.05. The van der Waals surface area contributed by atoms with Crippen LogP contribution in [-0.4, -0.2) is 16.1 Å². The van der Waals surface area contributed by atoms with Crippen LogP contribution in [0.15, 0.2) is 36.4 Å². The average molecular weight is 321 g/mol. The van der Waals surface area contributed by atoms with Crippen molar-refractivity contribution >= 4 is 39.9 Å². The summed E-state index contributed by atoms with van der Waals surface area (Å²) in [6.45, 7) is 2.09. The van der Waals surface area contributed by atoms with Gasteiger partial charge in [0.25, 0.3) is 0 Å². The second-order valence-electron chi connectivity index (χ2n) is 5.75. The fourth-order valence-electron chi connectivity index (χ4n) is 3.23. The van der Waals surface area contributed by atoms with Gasteiger partial charge in [-0.3, -0.25) is 0 Å². The molecule has 3 aromatic rings. The van der Waals surface area contributed by atoms with Crippen LogP contribution in [0.2, 0.25) is 0 Å². The summed E-state index contributed by atoms with van der Waals surface area (Å²) in [5, 5.41) is 10.4. The number of fused-ring (bicyclic) bond motifs is 2. The first-order valence-corrected chi connectivity index (χ1v) is 8.37. The second-order valence-corrected chi connectivity index (χ2v) is 7.07. The highest BCUT2D eigenvalue weighted by atomic mass is 32.1. The molecular formula is C19H15NO2S. The van der Waals surface area contributed by atoms with Gasteiger partial charge in [-0.05, 0) is 55.2 Å². The molecule has 2 aromatic heterocycles. The Morgan fingerprint density at radius 2 is 2.04 bits per heavy atom. The fraction of sp³-hybridized carbons (Fsp3) is 0.158. The number of nitrogens with zero attached hydrogens (tertiary/aromatic N) is 1. The molecule has 0 spiro atoms. The summed E-state index contributed by atoms with van der Waals surface area (Å²) >= 11 is 1.74. The van der Waals surface area contributed by atoms with Gasteiger partial charge in [0.05, 0.1) is 16.8 Å². The highest BCUT2D eigenvalue weighted by molar-refractivity contribution is 7.12. The summed E-state index contributed by atoms with van der Waals surface area (Å²) < 4.78 is 0. The Hall–Kier alpha value is -2.46. The lowest BCUT2D eigenvalue weighted by Gasteiger charge is -2.08. The summed E-state index contributed by atoms with van der Waals surface area (Å²) in [5.41, 5.74) is 4.02. The van der Waals surface area contributed by atoms with Crippen molar-refractivity contribution in [3.05, 3.63) is 63.0 Å². The summed E-state index contributed by atoms with van der Waals surface area (Å²) in [6.07, 6.45) is 3.73. The number of carboxylic acids is 1. The van der Waals surface area contributed by atoms with Gasteiger partial charge in [-0.25, -0.2) is 9.78 Å². The lowest BCUT2D eigenvalue weighted by atomic mass is 10.0. The van der Waals surface area contributed by atoms with Gasteiger partial charge in [-0.2, -0.15) is 0 Å². The van der Waals surface area contributed by atoms with Crippen LogP contribution < -0.4 is 0 Å². The van der Waals surface area contributed by atoms with Crippen molar-refractivity contribution in [1.82, 2.24) is 4.98 Å². The Labute approximate surface area is 137 Å². The minimum Gasteiger partial charge on any atom is -0.478 e. The molecule has 3 nitrogen and oxygen atoms in total. The molecule has 1 aromatic carbocycles. The van der Waals surface area contributed by atoms with E-state index in [1.54, 1.807) is 11.3 Å². The van der Waals surface area contributed by atoms with Crippen LogP contribution >= 0.6 is 11.3 Å². The molecule has 0 saturated carbocycles. The van der Waals surface area contributed by atoms with Crippen LogP contribution in [0.25, 0.3) is 22.6 Å². The number of aromatic carboxylic acids is 1. The van der Waals surface area contributed by atoms with E-state index in [-0.39, 0.29) is 0 Å². The maximum absolute atomic E-state index is 11.8. The Balaban J connectivity index is 1.95.